The molecule has 1 aromatic rings. The number of furan rings is 1. The fourth-order valence-electron chi connectivity index (χ4n) is 2.69. The predicted octanol–water partition coefficient (Wildman–Crippen LogP) is 3.26. The second-order valence-electron chi connectivity index (χ2n) is 5.11. The minimum atomic E-state index is 0.584. The summed E-state index contributed by atoms with van der Waals surface area (Å²) in [5, 5.41) is 12.1. The molecule has 1 aromatic heterocycles. The molecule has 0 bridgehead atoms. The highest BCUT2D eigenvalue weighted by molar-refractivity contribution is 5.83. The lowest BCUT2D eigenvalue weighted by Gasteiger charge is -2.33. The van der Waals surface area contributed by atoms with Crippen LogP contribution in [-0.4, -0.2) is 28.4 Å². The van der Waals surface area contributed by atoms with E-state index < -0.39 is 0 Å². The average Bonchev–Trinajstić information content (AvgIpc) is 2.92. The molecule has 0 aromatic carbocycles. The Bertz CT molecular complexity index is 367. The predicted molar refractivity (Wildman–Crippen MR) is 70.9 cm³/mol. The number of oxime groups is 1. The Morgan fingerprint density at radius 3 is 2.83 bits per heavy atom. The van der Waals surface area contributed by atoms with Gasteiger partial charge in [0.1, 0.15) is 5.76 Å². The fourth-order valence-corrected chi connectivity index (χ4v) is 2.69. The van der Waals surface area contributed by atoms with E-state index in [0.717, 1.165) is 18.0 Å². The molecule has 1 aliphatic carbocycles. The van der Waals surface area contributed by atoms with Gasteiger partial charge in [0.05, 0.1) is 18.5 Å². The summed E-state index contributed by atoms with van der Waals surface area (Å²) in [6, 6.07) is 4.50. The van der Waals surface area contributed by atoms with Crippen molar-refractivity contribution in [3.8, 4) is 0 Å². The standard InChI is InChI=1S/C14H22N2O2/c1-12(15-17)10-16(11-14-8-5-9-18-14)13-6-3-2-4-7-13/h5,8-9,13,17H,2-4,6-7,10-11H2,1H3/b15-12+. The van der Waals surface area contributed by atoms with Crippen molar-refractivity contribution < 1.29 is 9.62 Å². The zero-order valence-electron chi connectivity index (χ0n) is 11.0. The number of hydrogen-bond acceptors (Lipinski definition) is 4. The van der Waals surface area contributed by atoms with Crippen LogP contribution in [0.4, 0.5) is 0 Å². The molecule has 100 valence electrons. The molecular formula is C14H22N2O2. The van der Waals surface area contributed by atoms with Crippen molar-refractivity contribution in [1.82, 2.24) is 4.90 Å². The van der Waals surface area contributed by atoms with Crippen LogP contribution in [0.25, 0.3) is 0 Å². The van der Waals surface area contributed by atoms with Crippen LogP contribution in [0.5, 0.6) is 0 Å². The van der Waals surface area contributed by atoms with Crippen LogP contribution in [0.1, 0.15) is 44.8 Å². The van der Waals surface area contributed by atoms with Gasteiger partial charge in [0, 0.05) is 12.6 Å². The van der Waals surface area contributed by atoms with Crippen molar-refractivity contribution in [1.29, 1.82) is 0 Å². The van der Waals surface area contributed by atoms with E-state index in [4.69, 9.17) is 9.62 Å². The Morgan fingerprint density at radius 1 is 1.44 bits per heavy atom. The minimum Gasteiger partial charge on any atom is -0.468 e. The van der Waals surface area contributed by atoms with E-state index in [1.807, 2.05) is 19.1 Å². The van der Waals surface area contributed by atoms with Gasteiger partial charge in [-0.3, -0.25) is 4.90 Å². The second kappa shape index (κ2) is 6.59. The molecule has 1 N–H and O–H groups in total. The van der Waals surface area contributed by atoms with Gasteiger partial charge in [0.15, 0.2) is 0 Å². The lowest BCUT2D eigenvalue weighted by Crippen LogP contribution is -2.39. The zero-order valence-corrected chi connectivity index (χ0v) is 11.0. The molecule has 4 heteroatoms. The van der Waals surface area contributed by atoms with Crippen LogP contribution >= 0.6 is 0 Å². The molecule has 0 amide bonds. The molecule has 0 atom stereocenters. The first-order valence-corrected chi connectivity index (χ1v) is 6.73. The summed E-state index contributed by atoms with van der Waals surface area (Å²) in [4.78, 5) is 2.37. The van der Waals surface area contributed by atoms with Gasteiger partial charge in [-0.25, -0.2) is 0 Å². The first-order chi connectivity index (χ1) is 8.79. The zero-order chi connectivity index (χ0) is 12.8. The summed E-state index contributed by atoms with van der Waals surface area (Å²) in [5.74, 6) is 0.978. The highest BCUT2D eigenvalue weighted by Gasteiger charge is 2.22. The average molecular weight is 250 g/mol. The quantitative estimate of drug-likeness (QED) is 0.495. The van der Waals surface area contributed by atoms with Crippen molar-refractivity contribution in [2.45, 2.75) is 51.6 Å². The van der Waals surface area contributed by atoms with Gasteiger partial charge in [0.2, 0.25) is 0 Å². The summed E-state index contributed by atoms with van der Waals surface area (Å²) in [7, 11) is 0. The van der Waals surface area contributed by atoms with Crippen LogP contribution in [-0.2, 0) is 6.54 Å². The normalized spacial score (nSPS) is 18.4. The van der Waals surface area contributed by atoms with Crippen LogP contribution in [0.3, 0.4) is 0 Å². The molecule has 0 spiro atoms. The Kier molecular flexibility index (Phi) is 4.81. The monoisotopic (exact) mass is 250 g/mol. The van der Waals surface area contributed by atoms with Gasteiger partial charge in [-0.2, -0.15) is 0 Å². The molecule has 1 saturated carbocycles. The molecule has 1 aliphatic rings. The lowest BCUT2D eigenvalue weighted by molar-refractivity contribution is 0.157. The highest BCUT2D eigenvalue weighted by atomic mass is 16.4. The summed E-state index contributed by atoms with van der Waals surface area (Å²) >= 11 is 0. The summed E-state index contributed by atoms with van der Waals surface area (Å²) in [6.07, 6.45) is 8.13. The Labute approximate surface area is 108 Å². The molecule has 4 nitrogen and oxygen atoms in total. The third-order valence-corrected chi connectivity index (χ3v) is 3.63. The van der Waals surface area contributed by atoms with Gasteiger partial charge < -0.3 is 9.62 Å². The minimum absolute atomic E-state index is 0.584. The largest absolute Gasteiger partial charge is 0.468 e. The van der Waals surface area contributed by atoms with Crippen molar-refractivity contribution in [2.75, 3.05) is 6.54 Å². The lowest BCUT2D eigenvalue weighted by atomic mass is 9.94. The van der Waals surface area contributed by atoms with E-state index in [1.165, 1.54) is 32.1 Å². The van der Waals surface area contributed by atoms with E-state index in [-0.39, 0.29) is 0 Å². The van der Waals surface area contributed by atoms with Crippen LogP contribution in [0.2, 0.25) is 0 Å². The number of rotatable bonds is 5. The molecule has 2 rings (SSSR count). The van der Waals surface area contributed by atoms with Crippen LogP contribution < -0.4 is 0 Å². The third kappa shape index (κ3) is 3.60. The topological polar surface area (TPSA) is 49.0 Å². The van der Waals surface area contributed by atoms with Gasteiger partial charge in [-0.15, -0.1) is 0 Å². The fraction of sp³-hybridized carbons (Fsp3) is 0.643. The third-order valence-electron chi connectivity index (χ3n) is 3.63. The maximum Gasteiger partial charge on any atom is 0.117 e. The Morgan fingerprint density at radius 2 is 2.22 bits per heavy atom. The van der Waals surface area contributed by atoms with Crippen LogP contribution in [0, 0.1) is 0 Å². The maximum atomic E-state index is 8.85. The molecule has 1 fully saturated rings. The molecule has 0 aliphatic heterocycles. The van der Waals surface area contributed by atoms with E-state index in [0.29, 0.717) is 12.6 Å². The maximum absolute atomic E-state index is 8.85. The Hall–Kier alpha value is -1.29. The molecule has 18 heavy (non-hydrogen) atoms. The van der Waals surface area contributed by atoms with Crippen molar-refractivity contribution in [3.63, 3.8) is 0 Å². The van der Waals surface area contributed by atoms with Crippen molar-refractivity contribution in [2.24, 2.45) is 5.16 Å². The molecule has 0 saturated heterocycles. The van der Waals surface area contributed by atoms with Crippen molar-refractivity contribution in [3.05, 3.63) is 24.2 Å². The summed E-state index contributed by atoms with van der Waals surface area (Å²) in [6.45, 7) is 3.37. The number of hydrogen-bond donors (Lipinski definition) is 1. The molecular weight excluding hydrogens is 228 g/mol. The van der Waals surface area contributed by atoms with Crippen LogP contribution in [0.15, 0.2) is 28.0 Å². The number of nitrogens with zero attached hydrogens (tertiary/aromatic N) is 2. The summed E-state index contributed by atoms with van der Waals surface area (Å²) < 4.78 is 5.43. The summed E-state index contributed by atoms with van der Waals surface area (Å²) in [5.41, 5.74) is 0.757. The van der Waals surface area contributed by atoms with E-state index in [1.54, 1.807) is 6.26 Å². The molecule has 1 heterocycles. The SMILES string of the molecule is C/C(CN(Cc1ccco1)C1CCCCC1)=N\O. The smallest absolute Gasteiger partial charge is 0.117 e. The van der Waals surface area contributed by atoms with Gasteiger partial charge >= 0.3 is 0 Å². The van der Waals surface area contributed by atoms with E-state index in [9.17, 15) is 0 Å². The second-order valence-corrected chi connectivity index (χ2v) is 5.11. The first-order valence-electron chi connectivity index (χ1n) is 6.73. The molecule has 0 radical (unpaired) electrons. The molecule has 0 unspecified atom stereocenters. The van der Waals surface area contributed by atoms with E-state index >= 15 is 0 Å². The van der Waals surface area contributed by atoms with Crippen molar-refractivity contribution >= 4 is 5.71 Å². The van der Waals surface area contributed by atoms with Gasteiger partial charge in [-0.05, 0) is 31.9 Å². The van der Waals surface area contributed by atoms with E-state index in [2.05, 4.69) is 10.1 Å². The first kappa shape index (κ1) is 13.1. The van der Waals surface area contributed by atoms with Gasteiger partial charge in [-0.1, -0.05) is 24.4 Å². The Balaban J connectivity index is 2.01. The van der Waals surface area contributed by atoms with Gasteiger partial charge in [0.25, 0.3) is 0 Å². The highest BCUT2D eigenvalue weighted by Crippen LogP contribution is 2.24.